The summed E-state index contributed by atoms with van der Waals surface area (Å²) in [7, 11) is 0. The Kier molecular flexibility index (Phi) is 4.93. The van der Waals surface area contributed by atoms with Crippen molar-refractivity contribution in [3.63, 3.8) is 0 Å². The SMILES string of the molecule is CCOC(=O)/C(=C(/CC)c1ccsc1)c1ccsc1. The van der Waals surface area contributed by atoms with Crippen molar-refractivity contribution in [3.05, 3.63) is 44.8 Å². The summed E-state index contributed by atoms with van der Waals surface area (Å²) in [6.45, 7) is 4.30. The molecule has 0 amide bonds. The summed E-state index contributed by atoms with van der Waals surface area (Å²) in [4.78, 5) is 12.3. The second-order valence-electron chi connectivity index (χ2n) is 3.95. The van der Waals surface area contributed by atoms with Crippen LogP contribution in [-0.4, -0.2) is 12.6 Å². The maximum absolute atomic E-state index is 12.3. The highest BCUT2D eigenvalue weighted by atomic mass is 32.1. The first kappa shape index (κ1) is 14.0. The van der Waals surface area contributed by atoms with E-state index in [-0.39, 0.29) is 5.97 Å². The number of carbonyl (C=O) groups is 1. The van der Waals surface area contributed by atoms with E-state index >= 15 is 0 Å². The third-order valence-corrected chi connectivity index (χ3v) is 4.18. The molecule has 0 aliphatic heterocycles. The summed E-state index contributed by atoms with van der Waals surface area (Å²) in [5.41, 5.74) is 3.82. The molecule has 19 heavy (non-hydrogen) atoms. The van der Waals surface area contributed by atoms with Crippen LogP contribution < -0.4 is 0 Å². The molecule has 2 aromatic heterocycles. The van der Waals surface area contributed by atoms with Crippen LogP contribution in [-0.2, 0) is 9.53 Å². The molecule has 2 heterocycles. The summed E-state index contributed by atoms with van der Waals surface area (Å²) < 4.78 is 5.22. The molecule has 0 unspecified atom stereocenters. The van der Waals surface area contributed by atoms with Gasteiger partial charge in [0.1, 0.15) is 0 Å². The third-order valence-electron chi connectivity index (χ3n) is 2.81. The normalized spacial score (nSPS) is 12.1. The van der Waals surface area contributed by atoms with Crippen LogP contribution in [0.25, 0.3) is 11.1 Å². The summed E-state index contributed by atoms with van der Waals surface area (Å²) in [5, 5.41) is 8.08. The Morgan fingerprint density at radius 1 is 1.11 bits per heavy atom. The minimum Gasteiger partial charge on any atom is -0.462 e. The van der Waals surface area contributed by atoms with Gasteiger partial charge in [0.2, 0.25) is 0 Å². The lowest BCUT2D eigenvalue weighted by Gasteiger charge is -2.11. The van der Waals surface area contributed by atoms with Crippen LogP contribution in [0, 0.1) is 0 Å². The fourth-order valence-electron chi connectivity index (χ4n) is 1.99. The van der Waals surface area contributed by atoms with E-state index in [4.69, 9.17) is 4.74 Å². The van der Waals surface area contributed by atoms with Crippen LogP contribution in [0.4, 0.5) is 0 Å². The predicted molar refractivity (Wildman–Crippen MR) is 82.4 cm³/mol. The lowest BCUT2D eigenvalue weighted by molar-refractivity contribution is -0.136. The Morgan fingerprint density at radius 2 is 1.74 bits per heavy atom. The molecule has 0 aromatic carbocycles. The molecule has 100 valence electrons. The summed E-state index contributed by atoms with van der Waals surface area (Å²) in [5.74, 6) is -0.232. The van der Waals surface area contributed by atoms with Crippen molar-refractivity contribution in [2.75, 3.05) is 6.61 Å². The van der Waals surface area contributed by atoms with Gasteiger partial charge in [0.25, 0.3) is 0 Å². The monoisotopic (exact) mass is 292 g/mol. The van der Waals surface area contributed by atoms with Gasteiger partial charge in [0.05, 0.1) is 12.2 Å². The number of ether oxygens (including phenoxy) is 1. The first-order chi connectivity index (χ1) is 9.27. The number of carbonyl (C=O) groups excluding carboxylic acids is 1. The highest BCUT2D eigenvalue weighted by molar-refractivity contribution is 7.08. The average molecular weight is 292 g/mol. The lowest BCUT2D eigenvalue weighted by Crippen LogP contribution is -2.08. The van der Waals surface area contributed by atoms with E-state index in [1.165, 1.54) is 0 Å². The van der Waals surface area contributed by atoms with Crippen molar-refractivity contribution in [2.45, 2.75) is 20.3 Å². The lowest BCUT2D eigenvalue weighted by atomic mass is 9.96. The number of thiophene rings is 2. The highest BCUT2D eigenvalue weighted by Gasteiger charge is 2.19. The van der Waals surface area contributed by atoms with E-state index in [0.29, 0.717) is 12.2 Å². The van der Waals surface area contributed by atoms with Crippen molar-refractivity contribution in [3.8, 4) is 0 Å². The van der Waals surface area contributed by atoms with Gasteiger partial charge in [0, 0.05) is 0 Å². The topological polar surface area (TPSA) is 26.3 Å². The van der Waals surface area contributed by atoms with Crippen LogP contribution in [0.1, 0.15) is 31.4 Å². The second-order valence-corrected chi connectivity index (χ2v) is 5.51. The third kappa shape index (κ3) is 3.14. The predicted octanol–water partition coefficient (Wildman–Crippen LogP) is 4.69. The highest BCUT2D eigenvalue weighted by Crippen LogP contribution is 2.32. The number of hydrogen-bond acceptors (Lipinski definition) is 4. The van der Waals surface area contributed by atoms with Crippen LogP contribution in [0.5, 0.6) is 0 Å². The maximum atomic E-state index is 12.3. The molecule has 4 heteroatoms. The van der Waals surface area contributed by atoms with Crippen molar-refractivity contribution < 1.29 is 9.53 Å². The van der Waals surface area contributed by atoms with Crippen molar-refractivity contribution in [1.29, 1.82) is 0 Å². The Hall–Kier alpha value is -1.39. The minimum atomic E-state index is -0.232. The molecule has 0 bridgehead atoms. The van der Waals surface area contributed by atoms with Crippen LogP contribution in [0.3, 0.4) is 0 Å². The van der Waals surface area contributed by atoms with E-state index in [1.807, 2.05) is 29.1 Å². The van der Waals surface area contributed by atoms with Gasteiger partial charge in [-0.2, -0.15) is 22.7 Å². The first-order valence-electron chi connectivity index (χ1n) is 6.23. The summed E-state index contributed by atoms with van der Waals surface area (Å²) >= 11 is 3.23. The number of allylic oxidation sites excluding steroid dienone is 1. The van der Waals surface area contributed by atoms with Gasteiger partial charge in [-0.1, -0.05) is 6.92 Å². The molecule has 0 N–H and O–H groups in total. The van der Waals surface area contributed by atoms with E-state index in [2.05, 4.69) is 18.4 Å². The zero-order chi connectivity index (χ0) is 13.7. The van der Waals surface area contributed by atoms with Gasteiger partial charge < -0.3 is 4.74 Å². The Bertz CT molecular complexity index is 551. The van der Waals surface area contributed by atoms with E-state index in [1.54, 1.807) is 22.7 Å². The van der Waals surface area contributed by atoms with Gasteiger partial charge >= 0.3 is 5.97 Å². The quantitative estimate of drug-likeness (QED) is 0.590. The van der Waals surface area contributed by atoms with Crippen molar-refractivity contribution in [2.24, 2.45) is 0 Å². The average Bonchev–Trinajstić information content (AvgIpc) is 3.08. The van der Waals surface area contributed by atoms with Crippen LogP contribution >= 0.6 is 22.7 Å². The number of esters is 1. The van der Waals surface area contributed by atoms with E-state index < -0.39 is 0 Å². The Balaban J connectivity index is 2.54. The molecule has 0 radical (unpaired) electrons. The van der Waals surface area contributed by atoms with Gasteiger partial charge in [-0.3, -0.25) is 0 Å². The molecule has 0 aliphatic carbocycles. The van der Waals surface area contributed by atoms with Gasteiger partial charge in [-0.25, -0.2) is 4.79 Å². The molecule has 0 saturated heterocycles. The molecular formula is C15H16O2S2. The standard InChI is InChI=1S/C15H16O2S2/c1-3-13(11-5-7-18-9-11)14(15(16)17-4-2)12-6-8-19-10-12/h5-10H,3-4H2,1-2H3/b14-13-. The summed E-state index contributed by atoms with van der Waals surface area (Å²) in [6.07, 6.45) is 0.806. The van der Waals surface area contributed by atoms with Crippen molar-refractivity contribution >= 4 is 39.8 Å². The largest absolute Gasteiger partial charge is 0.462 e. The van der Waals surface area contributed by atoms with Gasteiger partial charge in [-0.15, -0.1) is 0 Å². The fraction of sp³-hybridized carbons (Fsp3) is 0.267. The number of rotatable bonds is 5. The zero-order valence-corrected chi connectivity index (χ0v) is 12.6. The molecule has 2 aromatic rings. The van der Waals surface area contributed by atoms with Gasteiger partial charge in [0.15, 0.2) is 0 Å². The van der Waals surface area contributed by atoms with E-state index in [9.17, 15) is 4.79 Å². The van der Waals surface area contributed by atoms with Crippen LogP contribution in [0.15, 0.2) is 33.7 Å². The Labute approximate surface area is 121 Å². The Morgan fingerprint density at radius 3 is 2.21 bits per heavy atom. The summed E-state index contributed by atoms with van der Waals surface area (Å²) in [6, 6.07) is 4.02. The van der Waals surface area contributed by atoms with Gasteiger partial charge in [-0.05, 0) is 63.7 Å². The smallest absolute Gasteiger partial charge is 0.339 e. The first-order valence-corrected chi connectivity index (χ1v) is 8.11. The minimum absolute atomic E-state index is 0.232. The molecule has 2 rings (SSSR count). The van der Waals surface area contributed by atoms with Crippen LogP contribution in [0.2, 0.25) is 0 Å². The molecule has 0 spiro atoms. The van der Waals surface area contributed by atoms with E-state index in [0.717, 1.165) is 23.1 Å². The second kappa shape index (κ2) is 6.68. The molecular weight excluding hydrogens is 276 g/mol. The fourth-order valence-corrected chi connectivity index (χ4v) is 3.30. The maximum Gasteiger partial charge on any atom is 0.339 e. The molecule has 0 saturated carbocycles. The molecule has 0 aliphatic rings. The zero-order valence-electron chi connectivity index (χ0n) is 11.0. The molecule has 0 fully saturated rings. The molecule has 0 atom stereocenters. The van der Waals surface area contributed by atoms with Crippen molar-refractivity contribution in [1.82, 2.24) is 0 Å². The molecule has 2 nitrogen and oxygen atoms in total. The number of hydrogen-bond donors (Lipinski definition) is 0.